The predicted octanol–water partition coefficient (Wildman–Crippen LogP) is 5.83. The van der Waals surface area contributed by atoms with E-state index in [4.69, 9.17) is 33.0 Å². The summed E-state index contributed by atoms with van der Waals surface area (Å²) in [6.45, 7) is 2.43. The summed E-state index contributed by atoms with van der Waals surface area (Å²) < 4.78 is 7.65. The third-order valence-corrected chi connectivity index (χ3v) is 7.23. The molecule has 2 aliphatic rings. The maximum Gasteiger partial charge on any atom is 0.286 e. The molecule has 0 atom stereocenters. The molecule has 0 saturated carbocycles. The van der Waals surface area contributed by atoms with Crippen molar-refractivity contribution in [1.82, 2.24) is 20.2 Å². The van der Waals surface area contributed by atoms with Crippen molar-refractivity contribution in [3.8, 4) is 5.69 Å². The Morgan fingerprint density at radius 2 is 1.94 bits per heavy atom. The van der Waals surface area contributed by atoms with Crippen LogP contribution in [0.1, 0.15) is 52.3 Å². The van der Waals surface area contributed by atoms with Crippen LogP contribution in [-0.4, -0.2) is 40.4 Å². The highest BCUT2D eigenvalue weighted by Gasteiger charge is 2.30. The summed E-state index contributed by atoms with van der Waals surface area (Å²) in [5.41, 5.74) is 6.66. The molecule has 1 amide bonds. The van der Waals surface area contributed by atoms with Gasteiger partial charge in [0.2, 0.25) is 0 Å². The van der Waals surface area contributed by atoms with Gasteiger partial charge in [-0.25, -0.2) is 9.69 Å². The van der Waals surface area contributed by atoms with Crippen LogP contribution in [0.2, 0.25) is 10.0 Å². The van der Waals surface area contributed by atoms with Crippen LogP contribution in [0.15, 0.2) is 35.7 Å². The van der Waals surface area contributed by atoms with E-state index in [-0.39, 0.29) is 5.91 Å². The van der Waals surface area contributed by atoms with Crippen molar-refractivity contribution in [2.75, 3.05) is 19.7 Å². The Balaban J connectivity index is 1.59. The highest BCUT2D eigenvalue weighted by Crippen LogP contribution is 2.35. The van der Waals surface area contributed by atoms with Crippen molar-refractivity contribution in [2.45, 2.75) is 32.3 Å². The number of fused-ring (bicyclic) bond motifs is 1. The molecule has 1 saturated heterocycles. The van der Waals surface area contributed by atoms with E-state index in [0.29, 0.717) is 34.6 Å². The van der Waals surface area contributed by atoms with Gasteiger partial charge in [0.15, 0.2) is 5.69 Å². The molecule has 0 radical (unpaired) electrons. The lowest BCUT2D eigenvalue weighted by molar-refractivity contribution is 0.0781. The van der Waals surface area contributed by atoms with E-state index in [0.717, 1.165) is 47.6 Å². The van der Waals surface area contributed by atoms with Gasteiger partial charge in [-0.3, -0.25) is 10.2 Å². The summed E-state index contributed by atoms with van der Waals surface area (Å²) in [5, 5.41) is 9.80. The van der Waals surface area contributed by atoms with Crippen LogP contribution in [0.25, 0.3) is 17.3 Å². The molecular weight excluding hydrogens is 479 g/mol. The van der Waals surface area contributed by atoms with E-state index in [1.165, 1.54) is 12.8 Å². The molecule has 1 aromatic carbocycles. The SMILES string of the molecule is O=C(NN1CCCCCC1)c1nn(-c2ccc(Cl)cc2Cl)c2c1COC/C2=C/c1cccs1. The van der Waals surface area contributed by atoms with Crippen LogP contribution in [0.5, 0.6) is 0 Å². The molecule has 3 aromatic rings. The molecule has 0 unspecified atom stereocenters. The molecule has 1 N–H and O–H groups in total. The van der Waals surface area contributed by atoms with E-state index >= 15 is 0 Å². The first-order valence-electron chi connectivity index (χ1n) is 11.1. The lowest BCUT2D eigenvalue weighted by atomic mass is 10.0. The Morgan fingerprint density at radius 3 is 2.67 bits per heavy atom. The van der Waals surface area contributed by atoms with Crippen LogP contribution in [0.3, 0.4) is 0 Å². The summed E-state index contributed by atoms with van der Waals surface area (Å²) >= 11 is 14.3. The van der Waals surface area contributed by atoms with Gasteiger partial charge in [0.05, 0.1) is 29.6 Å². The molecule has 1 fully saturated rings. The van der Waals surface area contributed by atoms with Gasteiger partial charge < -0.3 is 4.74 Å². The fraction of sp³-hybridized carbons (Fsp3) is 0.333. The van der Waals surface area contributed by atoms with E-state index in [1.54, 1.807) is 28.2 Å². The molecular formula is C24H24Cl2N4O2S. The number of hydrazine groups is 1. The number of carbonyl (C=O) groups is 1. The molecule has 0 aliphatic carbocycles. The number of benzene rings is 1. The Kier molecular flexibility index (Phi) is 6.85. The molecule has 4 heterocycles. The minimum Gasteiger partial charge on any atom is -0.372 e. The van der Waals surface area contributed by atoms with Crippen molar-refractivity contribution < 1.29 is 9.53 Å². The fourth-order valence-corrected chi connectivity index (χ4v) is 5.46. The number of ether oxygens (including phenoxy) is 1. The number of hydrogen-bond donors (Lipinski definition) is 1. The molecule has 2 aromatic heterocycles. The van der Waals surface area contributed by atoms with Crippen molar-refractivity contribution in [1.29, 1.82) is 0 Å². The predicted molar refractivity (Wildman–Crippen MR) is 133 cm³/mol. The standard InChI is InChI=1S/C24H24Cl2N4O2S/c25-17-7-8-21(20(26)13-17)30-23-16(12-18-6-5-11-33-18)14-32-15-19(23)22(27-30)24(31)28-29-9-3-1-2-4-10-29/h5-8,11-13H,1-4,9-10,14-15H2,(H,28,31)/b16-12-. The summed E-state index contributed by atoms with van der Waals surface area (Å²) in [6.07, 6.45) is 6.61. The average Bonchev–Trinajstić information content (AvgIpc) is 3.37. The van der Waals surface area contributed by atoms with Gasteiger partial charge >= 0.3 is 0 Å². The Labute approximate surface area is 206 Å². The maximum absolute atomic E-state index is 13.3. The zero-order chi connectivity index (χ0) is 22.8. The third-order valence-electron chi connectivity index (χ3n) is 5.87. The largest absolute Gasteiger partial charge is 0.372 e. The molecule has 0 spiro atoms. The van der Waals surface area contributed by atoms with Crippen LogP contribution in [-0.2, 0) is 11.3 Å². The van der Waals surface area contributed by atoms with Crippen molar-refractivity contribution in [3.05, 3.63) is 67.6 Å². The minimum atomic E-state index is -0.224. The first kappa shape index (κ1) is 22.6. The number of thiophene rings is 1. The number of halogens is 2. The van der Waals surface area contributed by atoms with E-state index < -0.39 is 0 Å². The Bertz CT molecular complexity index is 1180. The summed E-state index contributed by atoms with van der Waals surface area (Å²) in [5.74, 6) is -0.224. The monoisotopic (exact) mass is 502 g/mol. The zero-order valence-corrected chi connectivity index (χ0v) is 20.3. The molecule has 9 heteroatoms. The van der Waals surface area contributed by atoms with Crippen molar-refractivity contribution in [2.24, 2.45) is 0 Å². The second kappa shape index (κ2) is 9.99. The van der Waals surface area contributed by atoms with Gasteiger partial charge in [-0.1, -0.05) is 42.1 Å². The van der Waals surface area contributed by atoms with E-state index in [2.05, 4.69) is 17.6 Å². The smallest absolute Gasteiger partial charge is 0.286 e. The number of hydrogen-bond acceptors (Lipinski definition) is 5. The molecule has 5 rings (SSSR count). The molecule has 0 bridgehead atoms. The number of rotatable bonds is 4. The molecule has 2 aliphatic heterocycles. The Morgan fingerprint density at radius 1 is 1.12 bits per heavy atom. The first-order valence-corrected chi connectivity index (χ1v) is 12.7. The van der Waals surface area contributed by atoms with Crippen molar-refractivity contribution >= 4 is 52.1 Å². The second-order valence-corrected chi connectivity index (χ2v) is 10.0. The van der Waals surface area contributed by atoms with E-state index in [1.807, 2.05) is 22.5 Å². The van der Waals surface area contributed by atoms with Crippen molar-refractivity contribution in [3.63, 3.8) is 0 Å². The highest BCUT2D eigenvalue weighted by molar-refractivity contribution is 7.10. The zero-order valence-electron chi connectivity index (χ0n) is 18.0. The third kappa shape index (κ3) is 4.88. The average molecular weight is 503 g/mol. The lowest BCUT2D eigenvalue weighted by Crippen LogP contribution is -2.43. The number of nitrogens with zero attached hydrogens (tertiary/aromatic N) is 3. The van der Waals surface area contributed by atoms with Gasteiger partial charge in [0, 0.05) is 34.1 Å². The van der Waals surface area contributed by atoms with Crippen LogP contribution < -0.4 is 5.43 Å². The molecule has 33 heavy (non-hydrogen) atoms. The highest BCUT2D eigenvalue weighted by atomic mass is 35.5. The Hall–Kier alpha value is -2.16. The van der Waals surface area contributed by atoms with Gasteiger partial charge in [-0.05, 0) is 48.6 Å². The summed E-state index contributed by atoms with van der Waals surface area (Å²) in [7, 11) is 0. The minimum absolute atomic E-state index is 0.224. The topological polar surface area (TPSA) is 59.4 Å². The normalized spacial score (nSPS) is 18.2. The second-order valence-electron chi connectivity index (χ2n) is 8.20. The van der Waals surface area contributed by atoms with Crippen LogP contribution in [0.4, 0.5) is 0 Å². The fourth-order valence-electron chi connectivity index (χ4n) is 4.29. The summed E-state index contributed by atoms with van der Waals surface area (Å²) in [4.78, 5) is 14.5. The first-order chi connectivity index (χ1) is 16.1. The lowest BCUT2D eigenvalue weighted by Gasteiger charge is -2.21. The number of nitrogens with one attached hydrogen (secondary N) is 1. The molecule has 6 nitrogen and oxygen atoms in total. The number of amides is 1. The van der Waals surface area contributed by atoms with Gasteiger partial charge in [0.25, 0.3) is 5.91 Å². The summed E-state index contributed by atoms with van der Waals surface area (Å²) in [6, 6.07) is 9.35. The number of aromatic nitrogens is 2. The van der Waals surface area contributed by atoms with E-state index in [9.17, 15) is 4.79 Å². The van der Waals surface area contributed by atoms with Gasteiger partial charge in [-0.15, -0.1) is 11.3 Å². The number of carbonyl (C=O) groups excluding carboxylic acids is 1. The maximum atomic E-state index is 13.3. The van der Waals surface area contributed by atoms with Gasteiger partial charge in [-0.2, -0.15) is 5.10 Å². The molecule has 172 valence electrons. The van der Waals surface area contributed by atoms with Gasteiger partial charge in [0.1, 0.15) is 0 Å². The quantitative estimate of drug-likeness (QED) is 0.487. The van der Waals surface area contributed by atoms with Crippen LogP contribution >= 0.6 is 34.5 Å². The van der Waals surface area contributed by atoms with Crippen LogP contribution in [0, 0.1) is 0 Å².